The first-order chi connectivity index (χ1) is 9.26. The quantitative estimate of drug-likeness (QED) is 0.871. The first kappa shape index (κ1) is 13.5. The SMILES string of the molecule is OCCc1ccccc1Oc1c(F)cccc1CO. The molecule has 0 atom stereocenters. The highest BCUT2D eigenvalue weighted by Crippen LogP contribution is 2.30. The van der Waals surface area contributed by atoms with Crippen molar-refractivity contribution >= 4 is 0 Å². The van der Waals surface area contributed by atoms with Crippen LogP contribution in [0.1, 0.15) is 11.1 Å². The third-order valence-electron chi connectivity index (χ3n) is 2.78. The molecule has 0 aromatic heterocycles. The molecule has 19 heavy (non-hydrogen) atoms. The van der Waals surface area contributed by atoms with E-state index in [0.29, 0.717) is 17.7 Å². The number of hydrogen-bond acceptors (Lipinski definition) is 3. The van der Waals surface area contributed by atoms with Crippen molar-refractivity contribution in [2.24, 2.45) is 0 Å². The maximum absolute atomic E-state index is 13.8. The lowest BCUT2D eigenvalue weighted by Gasteiger charge is -2.13. The molecule has 100 valence electrons. The van der Waals surface area contributed by atoms with Crippen LogP contribution < -0.4 is 4.74 Å². The van der Waals surface area contributed by atoms with Gasteiger partial charge in [-0.15, -0.1) is 0 Å². The minimum absolute atomic E-state index is 0.00942. The summed E-state index contributed by atoms with van der Waals surface area (Å²) in [5, 5.41) is 18.2. The van der Waals surface area contributed by atoms with Gasteiger partial charge < -0.3 is 14.9 Å². The van der Waals surface area contributed by atoms with Crippen LogP contribution in [0.4, 0.5) is 4.39 Å². The zero-order valence-electron chi connectivity index (χ0n) is 10.3. The molecule has 0 aliphatic rings. The predicted octanol–water partition coefficient (Wildman–Crippen LogP) is 2.65. The van der Waals surface area contributed by atoms with E-state index in [9.17, 15) is 9.50 Å². The van der Waals surface area contributed by atoms with E-state index in [1.54, 1.807) is 18.2 Å². The molecule has 0 saturated heterocycles. The molecule has 0 amide bonds. The molecule has 0 unspecified atom stereocenters. The molecule has 0 aliphatic heterocycles. The second kappa shape index (κ2) is 6.31. The molecule has 0 radical (unpaired) electrons. The summed E-state index contributed by atoms with van der Waals surface area (Å²) in [5.74, 6) is -0.0166. The van der Waals surface area contributed by atoms with Crippen LogP contribution in [0.3, 0.4) is 0 Å². The van der Waals surface area contributed by atoms with Crippen LogP contribution in [0.2, 0.25) is 0 Å². The topological polar surface area (TPSA) is 49.7 Å². The van der Waals surface area contributed by atoms with E-state index in [1.807, 2.05) is 12.1 Å². The molecule has 0 spiro atoms. The van der Waals surface area contributed by atoms with Gasteiger partial charge in [0, 0.05) is 12.2 Å². The van der Waals surface area contributed by atoms with Gasteiger partial charge in [-0.2, -0.15) is 0 Å². The second-order valence-electron chi connectivity index (χ2n) is 4.07. The van der Waals surface area contributed by atoms with Crippen molar-refractivity contribution in [1.29, 1.82) is 0 Å². The third-order valence-corrected chi connectivity index (χ3v) is 2.78. The van der Waals surface area contributed by atoms with Crippen molar-refractivity contribution < 1.29 is 19.3 Å². The number of aliphatic hydroxyl groups is 2. The summed E-state index contributed by atoms with van der Waals surface area (Å²) in [6, 6.07) is 11.5. The summed E-state index contributed by atoms with van der Waals surface area (Å²) in [6.45, 7) is -0.306. The van der Waals surface area contributed by atoms with Gasteiger partial charge in [-0.25, -0.2) is 4.39 Å². The van der Waals surface area contributed by atoms with Crippen LogP contribution in [0.5, 0.6) is 11.5 Å². The molecular weight excluding hydrogens is 247 g/mol. The summed E-state index contributed by atoms with van der Waals surface area (Å²) in [4.78, 5) is 0. The van der Waals surface area contributed by atoms with E-state index in [-0.39, 0.29) is 19.0 Å². The maximum Gasteiger partial charge on any atom is 0.168 e. The maximum atomic E-state index is 13.8. The highest BCUT2D eigenvalue weighted by molar-refractivity contribution is 5.42. The average Bonchev–Trinajstić information content (AvgIpc) is 2.43. The van der Waals surface area contributed by atoms with Gasteiger partial charge in [-0.05, 0) is 24.1 Å². The van der Waals surface area contributed by atoms with Gasteiger partial charge in [0.2, 0.25) is 0 Å². The average molecular weight is 262 g/mol. The summed E-state index contributed by atoms with van der Waals surface area (Å²) >= 11 is 0. The summed E-state index contributed by atoms with van der Waals surface area (Å²) in [6.07, 6.45) is 0.430. The number of benzene rings is 2. The fourth-order valence-electron chi connectivity index (χ4n) is 1.83. The van der Waals surface area contributed by atoms with Crippen LogP contribution in [-0.2, 0) is 13.0 Å². The van der Waals surface area contributed by atoms with Gasteiger partial charge >= 0.3 is 0 Å². The van der Waals surface area contributed by atoms with Crippen molar-refractivity contribution in [2.75, 3.05) is 6.61 Å². The lowest BCUT2D eigenvalue weighted by molar-refractivity contribution is 0.273. The molecule has 3 nitrogen and oxygen atoms in total. The number of para-hydroxylation sites is 2. The molecule has 0 heterocycles. The van der Waals surface area contributed by atoms with Gasteiger partial charge in [-0.1, -0.05) is 30.3 Å². The van der Waals surface area contributed by atoms with Crippen molar-refractivity contribution in [3.8, 4) is 11.5 Å². The van der Waals surface area contributed by atoms with Crippen LogP contribution >= 0.6 is 0 Å². The van der Waals surface area contributed by atoms with Crippen LogP contribution in [-0.4, -0.2) is 16.8 Å². The number of rotatable bonds is 5. The second-order valence-corrected chi connectivity index (χ2v) is 4.07. The molecular formula is C15H15FO3. The molecule has 0 fully saturated rings. The molecule has 0 bridgehead atoms. The number of aliphatic hydroxyl groups excluding tert-OH is 2. The zero-order valence-corrected chi connectivity index (χ0v) is 10.3. The highest BCUT2D eigenvalue weighted by atomic mass is 19.1. The van der Waals surface area contributed by atoms with Crippen molar-refractivity contribution in [1.82, 2.24) is 0 Å². The van der Waals surface area contributed by atoms with E-state index >= 15 is 0 Å². The molecule has 2 rings (SSSR count). The largest absolute Gasteiger partial charge is 0.454 e. The van der Waals surface area contributed by atoms with Crippen LogP contribution in [0.15, 0.2) is 42.5 Å². The van der Waals surface area contributed by atoms with Crippen molar-refractivity contribution in [3.05, 3.63) is 59.4 Å². The minimum atomic E-state index is -0.523. The Morgan fingerprint density at radius 3 is 2.42 bits per heavy atom. The Labute approximate surface area is 110 Å². The smallest absolute Gasteiger partial charge is 0.168 e. The van der Waals surface area contributed by atoms with Gasteiger partial charge in [-0.3, -0.25) is 0 Å². The third kappa shape index (κ3) is 3.10. The van der Waals surface area contributed by atoms with Gasteiger partial charge in [0.1, 0.15) is 5.75 Å². The Kier molecular flexibility index (Phi) is 4.49. The predicted molar refractivity (Wildman–Crippen MR) is 69.6 cm³/mol. The Hall–Kier alpha value is -1.91. The van der Waals surface area contributed by atoms with E-state index in [2.05, 4.69) is 0 Å². The Balaban J connectivity index is 2.36. The van der Waals surface area contributed by atoms with Gasteiger partial charge in [0.05, 0.1) is 6.61 Å². The number of halogens is 1. The molecule has 2 aromatic carbocycles. The molecule has 2 aromatic rings. The van der Waals surface area contributed by atoms with E-state index in [1.165, 1.54) is 12.1 Å². The summed E-state index contributed by atoms with van der Waals surface area (Å²) in [7, 11) is 0. The number of hydrogen-bond donors (Lipinski definition) is 2. The van der Waals surface area contributed by atoms with E-state index in [0.717, 1.165) is 5.56 Å². The number of ether oxygens (including phenoxy) is 1. The first-order valence-electron chi connectivity index (χ1n) is 6.01. The molecule has 2 N–H and O–H groups in total. The molecule has 0 aliphatic carbocycles. The van der Waals surface area contributed by atoms with Gasteiger partial charge in [0.15, 0.2) is 11.6 Å². The van der Waals surface area contributed by atoms with Crippen molar-refractivity contribution in [2.45, 2.75) is 13.0 Å². The first-order valence-corrected chi connectivity index (χ1v) is 6.01. The summed E-state index contributed by atoms with van der Waals surface area (Å²) in [5.41, 5.74) is 1.18. The summed E-state index contributed by atoms with van der Waals surface area (Å²) < 4.78 is 19.3. The fraction of sp³-hybridized carbons (Fsp3) is 0.200. The van der Waals surface area contributed by atoms with Crippen LogP contribution in [0.25, 0.3) is 0 Å². The monoisotopic (exact) mass is 262 g/mol. The fourth-order valence-corrected chi connectivity index (χ4v) is 1.83. The lowest BCUT2D eigenvalue weighted by Crippen LogP contribution is -1.99. The normalized spacial score (nSPS) is 10.5. The Morgan fingerprint density at radius 1 is 0.947 bits per heavy atom. The highest BCUT2D eigenvalue weighted by Gasteiger charge is 2.12. The Morgan fingerprint density at radius 2 is 1.68 bits per heavy atom. The standard InChI is InChI=1S/C15H15FO3/c16-13-6-3-5-12(10-18)15(13)19-14-7-2-1-4-11(14)8-9-17/h1-7,17-18H,8-10H2. The lowest BCUT2D eigenvalue weighted by atomic mass is 10.1. The minimum Gasteiger partial charge on any atom is -0.454 e. The Bertz CT molecular complexity index is 555. The van der Waals surface area contributed by atoms with Gasteiger partial charge in [0.25, 0.3) is 0 Å². The molecule has 0 saturated carbocycles. The van der Waals surface area contributed by atoms with Crippen LogP contribution in [0, 0.1) is 5.82 Å². The molecule has 4 heteroatoms. The van der Waals surface area contributed by atoms with Crippen molar-refractivity contribution in [3.63, 3.8) is 0 Å². The van der Waals surface area contributed by atoms with E-state index < -0.39 is 5.82 Å². The van der Waals surface area contributed by atoms with E-state index in [4.69, 9.17) is 9.84 Å². The zero-order chi connectivity index (χ0) is 13.7.